The molecule has 5 nitrogen and oxygen atoms in total. The largest absolute Gasteiger partial charge is 0.493 e. The van der Waals surface area contributed by atoms with E-state index in [0.29, 0.717) is 18.6 Å². The van der Waals surface area contributed by atoms with Crippen molar-refractivity contribution in [1.82, 2.24) is 10.6 Å². The van der Waals surface area contributed by atoms with Crippen molar-refractivity contribution in [2.24, 2.45) is 10.9 Å². The quantitative estimate of drug-likeness (QED) is 0.596. The summed E-state index contributed by atoms with van der Waals surface area (Å²) in [5.41, 5.74) is 0. The molecule has 1 aromatic carbocycles. The smallest absolute Gasteiger partial charge is 0.191 e. The molecule has 0 bridgehead atoms. The lowest BCUT2D eigenvalue weighted by molar-refractivity contribution is 0.248. The lowest BCUT2D eigenvalue weighted by Gasteiger charge is -2.17. The Balaban J connectivity index is 1.72. The van der Waals surface area contributed by atoms with Gasteiger partial charge < -0.3 is 20.1 Å². The molecule has 1 fully saturated rings. The highest BCUT2D eigenvalue weighted by molar-refractivity contribution is 5.80. The molecule has 2 N–H and O–H groups in total. The van der Waals surface area contributed by atoms with Gasteiger partial charge in [-0.3, -0.25) is 4.99 Å². The van der Waals surface area contributed by atoms with E-state index in [1.54, 1.807) is 14.2 Å². The molecule has 0 saturated heterocycles. The van der Waals surface area contributed by atoms with E-state index >= 15 is 0 Å². The lowest BCUT2D eigenvalue weighted by Crippen LogP contribution is -2.41. The number of hydrogen-bond donors (Lipinski definition) is 2. The van der Waals surface area contributed by atoms with Crippen LogP contribution in [0.15, 0.2) is 29.3 Å². The summed E-state index contributed by atoms with van der Waals surface area (Å²) in [5, 5.41) is 6.70. The van der Waals surface area contributed by atoms with Crippen LogP contribution in [-0.4, -0.2) is 39.3 Å². The maximum atomic E-state index is 5.82. The fourth-order valence-electron chi connectivity index (χ4n) is 1.92. The summed E-state index contributed by atoms with van der Waals surface area (Å²) in [6, 6.07) is 8.31. The number of benzene rings is 1. The Bertz CT molecular complexity index is 472. The minimum Gasteiger partial charge on any atom is -0.493 e. The summed E-state index contributed by atoms with van der Waals surface area (Å²) in [4.78, 5) is 4.22. The van der Waals surface area contributed by atoms with Gasteiger partial charge in [-0.25, -0.2) is 0 Å². The predicted octanol–water partition coefficient (Wildman–Crippen LogP) is 2.04. The highest BCUT2D eigenvalue weighted by Gasteiger charge is 2.22. The molecule has 1 saturated carbocycles. The van der Waals surface area contributed by atoms with Crippen LogP contribution in [0.5, 0.6) is 11.5 Å². The molecule has 0 aliphatic heterocycles. The van der Waals surface area contributed by atoms with E-state index < -0.39 is 0 Å². The molecular formula is C16H25N3O2. The normalized spacial score (nSPS) is 16.2. The molecule has 0 radical (unpaired) electrons. The van der Waals surface area contributed by atoms with Gasteiger partial charge in [0.05, 0.1) is 13.7 Å². The third-order valence-corrected chi connectivity index (χ3v) is 3.35. The second-order valence-electron chi connectivity index (χ2n) is 5.44. The second-order valence-corrected chi connectivity index (χ2v) is 5.44. The van der Waals surface area contributed by atoms with Crippen LogP contribution in [0.4, 0.5) is 0 Å². The first-order chi connectivity index (χ1) is 10.2. The van der Waals surface area contributed by atoms with Crippen molar-refractivity contribution >= 4 is 5.96 Å². The summed E-state index contributed by atoms with van der Waals surface area (Å²) in [6.07, 6.45) is 2.49. The van der Waals surface area contributed by atoms with Crippen LogP contribution in [0.1, 0.15) is 19.8 Å². The van der Waals surface area contributed by atoms with Crippen LogP contribution in [0.3, 0.4) is 0 Å². The van der Waals surface area contributed by atoms with Crippen LogP contribution in [0.25, 0.3) is 0 Å². The van der Waals surface area contributed by atoms with Crippen LogP contribution in [-0.2, 0) is 0 Å². The lowest BCUT2D eigenvalue weighted by atomic mass is 10.2. The van der Waals surface area contributed by atoms with Crippen molar-refractivity contribution in [3.63, 3.8) is 0 Å². The summed E-state index contributed by atoms with van der Waals surface area (Å²) in [7, 11) is 3.45. The predicted molar refractivity (Wildman–Crippen MR) is 85.2 cm³/mol. The van der Waals surface area contributed by atoms with Gasteiger partial charge in [0.1, 0.15) is 0 Å². The van der Waals surface area contributed by atoms with Crippen molar-refractivity contribution in [2.45, 2.75) is 25.8 Å². The van der Waals surface area contributed by atoms with Gasteiger partial charge in [0.25, 0.3) is 0 Å². The summed E-state index contributed by atoms with van der Waals surface area (Å²) >= 11 is 0. The summed E-state index contributed by atoms with van der Waals surface area (Å²) in [6.45, 7) is 3.60. The van der Waals surface area contributed by atoms with E-state index in [-0.39, 0.29) is 0 Å². The highest BCUT2D eigenvalue weighted by Crippen LogP contribution is 2.26. The molecule has 0 spiro atoms. The van der Waals surface area contributed by atoms with Gasteiger partial charge in [-0.15, -0.1) is 0 Å². The molecule has 0 amide bonds. The fourth-order valence-corrected chi connectivity index (χ4v) is 1.92. The molecule has 1 aromatic rings. The minimum absolute atomic E-state index is 0.368. The molecule has 0 heterocycles. The van der Waals surface area contributed by atoms with E-state index in [2.05, 4.69) is 22.5 Å². The average molecular weight is 291 g/mol. The van der Waals surface area contributed by atoms with E-state index in [4.69, 9.17) is 9.47 Å². The highest BCUT2D eigenvalue weighted by atomic mass is 16.5. The number of nitrogens with one attached hydrogen (secondary N) is 2. The molecule has 1 aliphatic rings. The van der Waals surface area contributed by atoms with E-state index in [0.717, 1.165) is 24.0 Å². The number of nitrogens with zero attached hydrogens (tertiary/aromatic N) is 1. The zero-order chi connectivity index (χ0) is 15.1. The first kappa shape index (κ1) is 15.5. The minimum atomic E-state index is 0.368. The molecule has 2 rings (SSSR count). The molecule has 5 heteroatoms. The summed E-state index contributed by atoms with van der Waals surface area (Å²) < 4.78 is 11.1. The number of ether oxygens (including phenoxy) is 2. The number of para-hydroxylation sites is 2. The molecular weight excluding hydrogens is 266 g/mol. The van der Waals surface area contributed by atoms with Crippen LogP contribution >= 0.6 is 0 Å². The monoisotopic (exact) mass is 291 g/mol. The molecule has 116 valence electrons. The SMILES string of the molecule is CN=C(NC[C@H](C)COc1ccccc1OC)NC1CC1. The van der Waals surface area contributed by atoms with E-state index in [1.807, 2.05) is 24.3 Å². The van der Waals surface area contributed by atoms with E-state index in [9.17, 15) is 0 Å². The van der Waals surface area contributed by atoms with Gasteiger partial charge in [-0.1, -0.05) is 19.1 Å². The zero-order valence-corrected chi connectivity index (χ0v) is 13.1. The van der Waals surface area contributed by atoms with Crippen molar-refractivity contribution in [3.05, 3.63) is 24.3 Å². The van der Waals surface area contributed by atoms with Gasteiger partial charge in [0.2, 0.25) is 0 Å². The van der Waals surface area contributed by atoms with Crippen LogP contribution < -0.4 is 20.1 Å². The third-order valence-electron chi connectivity index (χ3n) is 3.35. The Morgan fingerprint density at radius 3 is 2.67 bits per heavy atom. The van der Waals surface area contributed by atoms with Gasteiger partial charge in [0.15, 0.2) is 17.5 Å². The Labute approximate surface area is 126 Å². The topological polar surface area (TPSA) is 54.9 Å². The van der Waals surface area contributed by atoms with Crippen LogP contribution in [0, 0.1) is 5.92 Å². The Morgan fingerprint density at radius 2 is 2.05 bits per heavy atom. The summed E-state index contributed by atoms with van der Waals surface area (Å²) in [5.74, 6) is 2.80. The Morgan fingerprint density at radius 1 is 1.33 bits per heavy atom. The maximum absolute atomic E-state index is 5.82. The van der Waals surface area contributed by atoms with Crippen molar-refractivity contribution in [3.8, 4) is 11.5 Å². The van der Waals surface area contributed by atoms with E-state index in [1.165, 1.54) is 12.8 Å². The molecule has 0 unspecified atom stereocenters. The van der Waals surface area contributed by atoms with Crippen molar-refractivity contribution < 1.29 is 9.47 Å². The zero-order valence-electron chi connectivity index (χ0n) is 13.1. The number of aliphatic imine (C=N–C) groups is 1. The molecule has 21 heavy (non-hydrogen) atoms. The molecule has 1 aliphatic carbocycles. The first-order valence-electron chi connectivity index (χ1n) is 7.46. The second kappa shape index (κ2) is 7.76. The van der Waals surface area contributed by atoms with Crippen LogP contribution in [0.2, 0.25) is 0 Å². The van der Waals surface area contributed by atoms with Crippen molar-refractivity contribution in [2.75, 3.05) is 27.3 Å². The molecule has 1 atom stereocenters. The van der Waals surface area contributed by atoms with Gasteiger partial charge >= 0.3 is 0 Å². The Kier molecular flexibility index (Phi) is 5.72. The molecule has 0 aromatic heterocycles. The maximum Gasteiger partial charge on any atom is 0.191 e. The number of rotatable bonds is 7. The van der Waals surface area contributed by atoms with Gasteiger partial charge in [-0.05, 0) is 25.0 Å². The Hall–Kier alpha value is -1.91. The number of hydrogen-bond acceptors (Lipinski definition) is 3. The fraction of sp³-hybridized carbons (Fsp3) is 0.562. The average Bonchev–Trinajstić information content (AvgIpc) is 3.33. The first-order valence-corrected chi connectivity index (χ1v) is 7.46. The number of guanidine groups is 1. The third kappa shape index (κ3) is 5.17. The van der Waals surface area contributed by atoms with Gasteiger partial charge in [0, 0.05) is 25.6 Å². The standard InChI is InChI=1S/C16H25N3O2/c1-12(10-18-16(17-2)19-13-8-9-13)11-21-15-7-5-4-6-14(15)20-3/h4-7,12-13H,8-11H2,1-3H3,(H2,17,18,19)/t12-/m0/s1. The number of methoxy groups -OCH3 is 1. The van der Waals surface area contributed by atoms with Crippen molar-refractivity contribution in [1.29, 1.82) is 0 Å². The van der Waals surface area contributed by atoms with Gasteiger partial charge in [-0.2, -0.15) is 0 Å².